The zero-order chi connectivity index (χ0) is 15.4. The van der Waals surface area contributed by atoms with Crippen molar-refractivity contribution in [1.82, 2.24) is 0 Å². The number of amides is 1. The van der Waals surface area contributed by atoms with Gasteiger partial charge in [0.25, 0.3) is 0 Å². The second-order valence-electron chi connectivity index (χ2n) is 4.51. The van der Waals surface area contributed by atoms with Crippen LogP contribution in [-0.4, -0.2) is 17.6 Å². The fourth-order valence-corrected chi connectivity index (χ4v) is 1.80. The Morgan fingerprint density at radius 2 is 1.81 bits per heavy atom. The van der Waals surface area contributed by atoms with Crippen LogP contribution in [0.25, 0.3) is 0 Å². The molecule has 1 amide bonds. The Bertz CT molecular complexity index is 645. The van der Waals surface area contributed by atoms with Crippen molar-refractivity contribution in [3.05, 3.63) is 65.2 Å². The highest BCUT2D eigenvalue weighted by atomic mass is 19.2. The molecule has 2 aromatic carbocycles. The second-order valence-corrected chi connectivity index (χ2v) is 4.51. The molecule has 0 spiro atoms. The zero-order valence-corrected chi connectivity index (χ0v) is 11.0. The number of nitrogens with two attached hydrogens (primary N) is 1. The van der Waals surface area contributed by atoms with Crippen molar-refractivity contribution >= 4 is 11.6 Å². The van der Waals surface area contributed by atoms with E-state index >= 15 is 0 Å². The molecule has 0 aliphatic heterocycles. The molecular weight excluding hydrogens is 278 g/mol. The predicted octanol–water partition coefficient (Wildman–Crippen LogP) is 2.21. The Morgan fingerprint density at radius 1 is 1.14 bits per heavy atom. The molecule has 0 heterocycles. The molecule has 1 atom stereocenters. The highest BCUT2D eigenvalue weighted by Gasteiger charge is 2.10. The van der Waals surface area contributed by atoms with Crippen LogP contribution in [0.1, 0.15) is 22.0 Å². The van der Waals surface area contributed by atoms with Gasteiger partial charge in [-0.2, -0.15) is 0 Å². The minimum atomic E-state index is -1.00. The van der Waals surface area contributed by atoms with Gasteiger partial charge in [0.1, 0.15) is 0 Å². The normalized spacial score (nSPS) is 12.0. The molecule has 21 heavy (non-hydrogen) atoms. The first-order valence-electron chi connectivity index (χ1n) is 6.24. The molecule has 1 unspecified atom stereocenters. The Balaban J connectivity index is 1.98. The van der Waals surface area contributed by atoms with E-state index in [-0.39, 0.29) is 12.1 Å². The molecule has 0 bridgehead atoms. The second kappa shape index (κ2) is 6.32. The summed E-state index contributed by atoms with van der Waals surface area (Å²) < 4.78 is 25.9. The first-order chi connectivity index (χ1) is 9.97. The third-order valence-corrected chi connectivity index (χ3v) is 3.00. The van der Waals surface area contributed by atoms with Crippen molar-refractivity contribution in [2.45, 2.75) is 6.10 Å². The topological polar surface area (TPSA) is 75.4 Å². The quantitative estimate of drug-likeness (QED) is 0.791. The van der Waals surface area contributed by atoms with Gasteiger partial charge < -0.3 is 16.2 Å². The van der Waals surface area contributed by atoms with Crippen molar-refractivity contribution in [1.29, 1.82) is 0 Å². The number of halogens is 2. The van der Waals surface area contributed by atoms with Crippen molar-refractivity contribution in [2.75, 3.05) is 11.9 Å². The Labute approximate surface area is 120 Å². The van der Waals surface area contributed by atoms with E-state index in [2.05, 4.69) is 5.32 Å². The summed E-state index contributed by atoms with van der Waals surface area (Å²) in [5.74, 6) is -2.48. The van der Waals surface area contributed by atoms with Gasteiger partial charge >= 0.3 is 0 Å². The van der Waals surface area contributed by atoms with E-state index in [1.54, 1.807) is 24.3 Å². The van der Waals surface area contributed by atoms with Gasteiger partial charge in [-0.05, 0) is 42.0 Å². The fourth-order valence-electron chi connectivity index (χ4n) is 1.80. The van der Waals surface area contributed by atoms with Crippen LogP contribution in [0, 0.1) is 11.6 Å². The Kier molecular flexibility index (Phi) is 4.49. The van der Waals surface area contributed by atoms with Gasteiger partial charge in [-0.3, -0.25) is 4.79 Å². The van der Waals surface area contributed by atoms with Gasteiger partial charge in [0, 0.05) is 17.8 Å². The number of anilines is 1. The van der Waals surface area contributed by atoms with Gasteiger partial charge in [0.05, 0.1) is 6.10 Å². The molecule has 4 N–H and O–H groups in total. The number of aliphatic hydroxyl groups is 1. The van der Waals surface area contributed by atoms with E-state index in [0.29, 0.717) is 11.3 Å². The summed E-state index contributed by atoms with van der Waals surface area (Å²) in [6.45, 7) is 0.112. The lowest BCUT2D eigenvalue weighted by Gasteiger charge is -2.13. The summed E-state index contributed by atoms with van der Waals surface area (Å²) >= 11 is 0. The lowest BCUT2D eigenvalue weighted by atomic mass is 10.1. The Hall–Kier alpha value is -2.47. The molecule has 2 rings (SSSR count). The van der Waals surface area contributed by atoms with E-state index < -0.39 is 23.6 Å². The van der Waals surface area contributed by atoms with Crippen LogP contribution in [0.4, 0.5) is 14.5 Å². The molecule has 6 heteroatoms. The SMILES string of the molecule is NC(=O)c1ccc(NCC(O)c2ccc(F)c(F)c2)cc1. The summed E-state index contributed by atoms with van der Waals surface area (Å²) in [4.78, 5) is 10.9. The van der Waals surface area contributed by atoms with Crippen LogP contribution in [0.15, 0.2) is 42.5 Å². The molecule has 2 aromatic rings. The Morgan fingerprint density at radius 3 is 2.38 bits per heavy atom. The van der Waals surface area contributed by atoms with E-state index in [1.165, 1.54) is 6.07 Å². The van der Waals surface area contributed by atoms with E-state index in [9.17, 15) is 18.7 Å². The van der Waals surface area contributed by atoms with Crippen LogP contribution in [-0.2, 0) is 0 Å². The fraction of sp³-hybridized carbons (Fsp3) is 0.133. The lowest BCUT2D eigenvalue weighted by molar-refractivity contribution is 0.100. The largest absolute Gasteiger partial charge is 0.387 e. The van der Waals surface area contributed by atoms with Crippen molar-refractivity contribution in [3.63, 3.8) is 0 Å². The van der Waals surface area contributed by atoms with Gasteiger partial charge in [0.2, 0.25) is 5.91 Å². The number of aliphatic hydroxyl groups excluding tert-OH is 1. The number of benzene rings is 2. The summed E-state index contributed by atoms with van der Waals surface area (Å²) in [7, 11) is 0. The number of carbonyl (C=O) groups is 1. The number of rotatable bonds is 5. The minimum Gasteiger partial charge on any atom is -0.387 e. The monoisotopic (exact) mass is 292 g/mol. The predicted molar refractivity (Wildman–Crippen MR) is 74.8 cm³/mol. The van der Waals surface area contributed by atoms with Crippen LogP contribution in [0.3, 0.4) is 0 Å². The number of hydrogen-bond acceptors (Lipinski definition) is 3. The highest BCUT2D eigenvalue weighted by molar-refractivity contribution is 5.93. The van der Waals surface area contributed by atoms with E-state index in [0.717, 1.165) is 12.1 Å². The molecule has 4 nitrogen and oxygen atoms in total. The zero-order valence-electron chi connectivity index (χ0n) is 11.0. The molecule has 0 saturated carbocycles. The van der Waals surface area contributed by atoms with Crippen LogP contribution in [0.5, 0.6) is 0 Å². The van der Waals surface area contributed by atoms with Crippen LogP contribution >= 0.6 is 0 Å². The molecule has 0 aromatic heterocycles. The molecule has 0 fully saturated rings. The number of carbonyl (C=O) groups excluding carboxylic acids is 1. The van der Waals surface area contributed by atoms with Gasteiger partial charge in [-0.1, -0.05) is 6.07 Å². The van der Waals surface area contributed by atoms with Crippen molar-refractivity contribution in [3.8, 4) is 0 Å². The molecule has 0 aliphatic carbocycles. The molecule has 110 valence electrons. The first-order valence-corrected chi connectivity index (χ1v) is 6.24. The van der Waals surface area contributed by atoms with Crippen molar-refractivity contribution < 1.29 is 18.7 Å². The number of nitrogens with one attached hydrogen (secondary N) is 1. The smallest absolute Gasteiger partial charge is 0.248 e. The maximum atomic E-state index is 13.1. The van der Waals surface area contributed by atoms with Gasteiger partial charge in [0.15, 0.2) is 11.6 Å². The third-order valence-electron chi connectivity index (χ3n) is 3.00. The number of hydrogen-bond donors (Lipinski definition) is 3. The average molecular weight is 292 g/mol. The van der Waals surface area contributed by atoms with Crippen molar-refractivity contribution in [2.24, 2.45) is 5.73 Å². The van der Waals surface area contributed by atoms with Gasteiger partial charge in [-0.25, -0.2) is 8.78 Å². The molecule has 0 aliphatic rings. The minimum absolute atomic E-state index is 0.112. The molecular formula is C15H14F2N2O2. The average Bonchev–Trinajstić information content (AvgIpc) is 2.48. The third kappa shape index (κ3) is 3.76. The van der Waals surface area contributed by atoms with Gasteiger partial charge in [-0.15, -0.1) is 0 Å². The molecule has 0 saturated heterocycles. The van der Waals surface area contributed by atoms with Crippen LogP contribution < -0.4 is 11.1 Å². The summed E-state index contributed by atoms with van der Waals surface area (Å²) in [6.07, 6.45) is -0.990. The standard InChI is InChI=1S/C15H14F2N2O2/c16-12-6-3-10(7-13(12)17)14(20)8-19-11-4-1-9(2-5-11)15(18)21/h1-7,14,19-20H,8H2,(H2,18,21). The maximum Gasteiger partial charge on any atom is 0.248 e. The maximum absolute atomic E-state index is 13.1. The summed E-state index contributed by atoms with van der Waals surface area (Å²) in [5, 5.41) is 12.8. The van der Waals surface area contributed by atoms with Crippen LogP contribution in [0.2, 0.25) is 0 Å². The highest BCUT2D eigenvalue weighted by Crippen LogP contribution is 2.17. The molecule has 0 radical (unpaired) electrons. The first kappa shape index (κ1) is 14.9. The van der Waals surface area contributed by atoms with E-state index in [4.69, 9.17) is 5.73 Å². The summed E-state index contributed by atoms with van der Waals surface area (Å²) in [5.41, 5.74) is 6.44. The summed E-state index contributed by atoms with van der Waals surface area (Å²) in [6, 6.07) is 9.62. The lowest BCUT2D eigenvalue weighted by Crippen LogP contribution is -2.13. The number of primary amides is 1. The van der Waals surface area contributed by atoms with E-state index in [1.807, 2.05) is 0 Å².